The van der Waals surface area contributed by atoms with Gasteiger partial charge in [-0.05, 0) is 18.2 Å². The number of halogens is 2. The number of nitrogens with two attached hydrogens (primary N) is 1. The third-order valence-corrected chi connectivity index (χ3v) is 3.71. The number of carbonyl (C=O) groups excluding carboxylic acids is 1. The molecule has 24 heavy (non-hydrogen) atoms. The number of nitrogen functional groups attached to an aromatic ring is 1. The Morgan fingerprint density at radius 2 is 2.25 bits per heavy atom. The number of benzene rings is 2. The highest BCUT2D eigenvalue weighted by molar-refractivity contribution is 6.33. The first kappa shape index (κ1) is 15.9. The predicted molar refractivity (Wildman–Crippen MR) is 88.2 cm³/mol. The fraction of sp³-hybridized carbons (Fsp3) is 0.0667. The zero-order valence-corrected chi connectivity index (χ0v) is 13.1. The number of nitrogens with zero attached hydrogens (tertiary/aromatic N) is 1. The molecular formula is C15H12ClFN4O3. The number of aromatic hydroxyl groups is 1. The SMILES string of the molecule is COC(=O)c1cc2[nH]c(Nc3c(F)cccc3Cl)nc2c(N)c1O. The number of aromatic nitrogens is 2. The van der Waals surface area contributed by atoms with E-state index in [-0.39, 0.29) is 33.4 Å². The smallest absolute Gasteiger partial charge is 0.341 e. The molecule has 0 saturated carbocycles. The van der Waals surface area contributed by atoms with Crippen molar-refractivity contribution >= 4 is 45.9 Å². The first-order valence-corrected chi connectivity index (χ1v) is 7.10. The van der Waals surface area contributed by atoms with E-state index in [2.05, 4.69) is 20.0 Å². The Balaban J connectivity index is 2.09. The van der Waals surface area contributed by atoms with Gasteiger partial charge in [-0.3, -0.25) is 0 Å². The summed E-state index contributed by atoms with van der Waals surface area (Å²) >= 11 is 5.95. The summed E-state index contributed by atoms with van der Waals surface area (Å²) in [6, 6.07) is 5.58. The first-order chi connectivity index (χ1) is 11.4. The van der Waals surface area contributed by atoms with Crippen molar-refractivity contribution in [2.75, 3.05) is 18.2 Å². The highest BCUT2D eigenvalue weighted by Crippen LogP contribution is 2.35. The molecule has 0 atom stereocenters. The van der Waals surface area contributed by atoms with Crippen molar-refractivity contribution < 1.29 is 19.0 Å². The topological polar surface area (TPSA) is 113 Å². The molecule has 3 aromatic rings. The molecule has 9 heteroatoms. The number of rotatable bonds is 3. The number of fused-ring (bicyclic) bond motifs is 1. The Kier molecular flexibility index (Phi) is 3.90. The van der Waals surface area contributed by atoms with Crippen LogP contribution in [0.5, 0.6) is 5.75 Å². The summed E-state index contributed by atoms with van der Waals surface area (Å²) in [5.41, 5.74) is 6.22. The lowest BCUT2D eigenvalue weighted by molar-refractivity contribution is 0.0597. The maximum Gasteiger partial charge on any atom is 0.341 e. The number of esters is 1. The molecule has 2 aromatic carbocycles. The number of carbonyl (C=O) groups is 1. The van der Waals surface area contributed by atoms with E-state index in [1.165, 1.54) is 31.4 Å². The lowest BCUT2D eigenvalue weighted by atomic mass is 10.1. The Morgan fingerprint density at radius 3 is 2.92 bits per heavy atom. The van der Waals surface area contributed by atoms with Gasteiger partial charge in [-0.2, -0.15) is 0 Å². The van der Waals surface area contributed by atoms with Gasteiger partial charge >= 0.3 is 5.97 Å². The molecule has 0 spiro atoms. The molecule has 0 amide bonds. The van der Waals surface area contributed by atoms with Gasteiger partial charge in [0.2, 0.25) is 5.95 Å². The van der Waals surface area contributed by atoms with Gasteiger partial charge in [-0.25, -0.2) is 14.2 Å². The molecule has 3 rings (SSSR count). The normalized spacial score (nSPS) is 10.8. The van der Waals surface area contributed by atoms with E-state index >= 15 is 0 Å². The van der Waals surface area contributed by atoms with E-state index in [1.807, 2.05) is 0 Å². The molecular weight excluding hydrogens is 339 g/mol. The molecule has 1 aromatic heterocycles. The number of nitrogens with one attached hydrogen (secondary N) is 2. The summed E-state index contributed by atoms with van der Waals surface area (Å²) in [6.07, 6.45) is 0. The van der Waals surface area contributed by atoms with Crippen molar-refractivity contribution in [1.29, 1.82) is 0 Å². The van der Waals surface area contributed by atoms with Crippen LogP contribution < -0.4 is 11.1 Å². The molecule has 0 saturated heterocycles. The largest absolute Gasteiger partial charge is 0.505 e. The number of H-pyrrole nitrogens is 1. The minimum atomic E-state index is -0.748. The van der Waals surface area contributed by atoms with Crippen molar-refractivity contribution in [3.8, 4) is 5.75 Å². The number of imidazole rings is 1. The van der Waals surface area contributed by atoms with Crippen LogP contribution in [-0.4, -0.2) is 28.2 Å². The Labute approximate surface area is 140 Å². The lowest BCUT2D eigenvalue weighted by Crippen LogP contribution is -2.03. The second-order valence-corrected chi connectivity index (χ2v) is 5.29. The van der Waals surface area contributed by atoms with Crippen molar-refractivity contribution in [2.24, 2.45) is 0 Å². The number of phenols is 1. The van der Waals surface area contributed by atoms with Crippen molar-refractivity contribution in [2.45, 2.75) is 0 Å². The number of ether oxygens (including phenoxy) is 1. The van der Waals surface area contributed by atoms with Gasteiger partial charge in [0.15, 0.2) is 5.75 Å². The minimum absolute atomic E-state index is 0.0363. The van der Waals surface area contributed by atoms with Gasteiger partial charge in [0, 0.05) is 0 Å². The zero-order valence-electron chi connectivity index (χ0n) is 12.4. The summed E-state index contributed by atoms with van der Waals surface area (Å²) in [5, 5.41) is 12.9. The van der Waals surface area contributed by atoms with E-state index in [1.54, 1.807) is 0 Å². The fourth-order valence-electron chi connectivity index (χ4n) is 2.23. The summed E-state index contributed by atoms with van der Waals surface area (Å²) < 4.78 is 18.4. The third kappa shape index (κ3) is 2.56. The van der Waals surface area contributed by atoms with Crippen LogP contribution >= 0.6 is 11.6 Å². The Hall–Kier alpha value is -3.00. The van der Waals surface area contributed by atoms with Crippen LogP contribution in [0.4, 0.5) is 21.7 Å². The van der Waals surface area contributed by atoms with Gasteiger partial charge in [0.1, 0.15) is 22.6 Å². The van der Waals surface area contributed by atoms with Crippen molar-refractivity contribution in [1.82, 2.24) is 9.97 Å². The number of phenolic OH excluding ortho intramolecular Hbond substituents is 1. The number of hydrogen-bond donors (Lipinski definition) is 4. The number of methoxy groups -OCH3 is 1. The van der Waals surface area contributed by atoms with Crippen LogP contribution in [0.1, 0.15) is 10.4 Å². The molecule has 7 nitrogen and oxygen atoms in total. The standard InChI is InChI=1S/C15H12ClFN4O3/c1-24-14(23)6-5-9-12(10(18)13(6)22)21-15(19-9)20-11-7(16)3-2-4-8(11)17/h2-5,22H,18H2,1H3,(H2,19,20,21). The highest BCUT2D eigenvalue weighted by Gasteiger charge is 2.20. The van der Waals surface area contributed by atoms with E-state index < -0.39 is 17.5 Å². The molecule has 0 fully saturated rings. The van der Waals surface area contributed by atoms with Crippen molar-refractivity contribution in [3.05, 3.63) is 40.7 Å². The highest BCUT2D eigenvalue weighted by atomic mass is 35.5. The first-order valence-electron chi connectivity index (χ1n) is 6.73. The van der Waals surface area contributed by atoms with Crippen LogP contribution in [0.2, 0.25) is 5.02 Å². The molecule has 1 heterocycles. The van der Waals surface area contributed by atoms with Crippen LogP contribution in [0.15, 0.2) is 24.3 Å². The molecule has 5 N–H and O–H groups in total. The summed E-state index contributed by atoms with van der Waals surface area (Å²) in [4.78, 5) is 18.6. The molecule has 0 aliphatic carbocycles. The van der Waals surface area contributed by atoms with Crippen LogP contribution in [0.3, 0.4) is 0 Å². The lowest BCUT2D eigenvalue weighted by Gasteiger charge is -2.05. The van der Waals surface area contributed by atoms with E-state index in [0.717, 1.165) is 0 Å². The van der Waals surface area contributed by atoms with Gasteiger partial charge in [0.05, 0.1) is 23.3 Å². The number of para-hydroxylation sites is 1. The van der Waals surface area contributed by atoms with Gasteiger partial charge in [-0.1, -0.05) is 17.7 Å². The van der Waals surface area contributed by atoms with E-state index in [4.69, 9.17) is 17.3 Å². The Bertz CT molecular complexity index is 937. The van der Waals surface area contributed by atoms with Crippen LogP contribution in [0.25, 0.3) is 11.0 Å². The third-order valence-electron chi connectivity index (χ3n) is 3.40. The molecule has 0 radical (unpaired) electrons. The van der Waals surface area contributed by atoms with Gasteiger partial charge in [0.25, 0.3) is 0 Å². The monoisotopic (exact) mass is 350 g/mol. The number of aromatic amines is 1. The average molecular weight is 351 g/mol. The van der Waals surface area contributed by atoms with E-state index in [9.17, 15) is 14.3 Å². The molecule has 0 unspecified atom stereocenters. The zero-order chi connectivity index (χ0) is 17.4. The van der Waals surface area contributed by atoms with Gasteiger partial charge in [-0.15, -0.1) is 0 Å². The second kappa shape index (κ2) is 5.89. The number of hydrogen-bond acceptors (Lipinski definition) is 6. The summed E-state index contributed by atoms with van der Waals surface area (Å²) in [5.74, 6) is -1.60. The molecule has 0 aliphatic heterocycles. The number of anilines is 3. The molecule has 124 valence electrons. The summed E-state index contributed by atoms with van der Waals surface area (Å²) in [7, 11) is 1.18. The quantitative estimate of drug-likeness (QED) is 0.328. The van der Waals surface area contributed by atoms with E-state index in [0.29, 0.717) is 5.52 Å². The Morgan fingerprint density at radius 1 is 1.50 bits per heavy atom. The minimum Gasteiger partial charge on any atom is -0.505 e. The summed E-state index contributed by atoms with van der Waals surface area (Å²) in [6.45, 7) is 0. The average Bonchev–Trinajstić information content (AvgIpc) is 2.97. The van der Waals surface area contributed by atoms with Gasteiger partial charge < -0.3 is 25.9 Å². The van der Waals surface area contributed by atoms with Crippen LogP contribution in [0, 0.1) is 5.82 Å². The molecule has 0 aliphatic rings. The molecule has 0 bridgehead atoms. The van der Waals surface area contributed by atoms with Crippen LogP contribution in [-0.2, 0) is 4.74 Å². The van der Waals surface area contributed by atoms with Crippen molar-refractivity contribution in [3.63, 3.8) is 0 Å². The fourth-order valence-corrected chi connectivity index (χ4v) is 2.44. The second-order valence-electron chi connectivity index (χ2n) is 4.88. The predicted octanol–water partition coefficient (Wildman–Crippen LogP) is 3.17. The maximum absolute atomic E-state index is 13.8. The maximum atomic E-state index is 13.8.